The second kappa shape index (κ2) is 11.1. The zero-order valence-corrected chi connectivity index (χ0v) is 16.9. The van der Waals surface area contributed by atoms with E-state index in [0.29, 0.717) is 24.5 Å². The van der Waals surface area contributed by atoms with Crippen molar-refractivity contribution in [3.63, 3.8) is 0 Å². The molecule has 2 fully saturated rings. The second-order valence-electron chi connectivity index (χ2n) is 7.27. The van der Waals surface area contributed by atoms with Crippen molar-refractivity contribution >= 4 is 11.9 Å². The van der Waals surface area contributed by atoms with Crippen molar-refractivity contribution in [1.29, 1.82) is 0 Å². The molecule has 0 unspecified atom stereocenters. The fourth-order valence-electron chi connectivity index (χ4n) is 3.42. The lowest BCUT2D eigenvalue weighted by atomic mass is 10.1. The molecule has 1 aromatic carbocycles. The van der Waals surface area contributed by atoms with Crippen LogP contribution in [0.5, 0.6) is 5.75 Å². The molecule has 0 amide bonds. The van der Waals surface area contributed by atoms with Gasteiger partial charge in [0.25, 0.3) is 0 Å². The molecule has 0 bridgehead atoms. The van der Waals surface area contributed by atoms with Gasteiger partial charge in [0.2, 0.25) is 0 Å². The highest BCUT2D eigenvalue weighted by atomic mass is 16.6. The highest BCUT2D eigenvalue weighted by Crippen LogP contribution is 2.29. The maximum atomic E-state index is 12.4. The van der Waals surface area contributed by atoms with Crippen LogP contribution in [-0.4, -0.2) is 67.9 Å². The number of benzene rings is 1. The highest BCUT2D eigenvalue weighted by molar-refractivity contribution is 5.89. The summed E-state index contributed by atoms with van der Waals surface area (Å²) in [5.74, 6) is -0.173. The largest absolute Gasteiger partial charge is 0.494 e. The molecule has 0 saturated carbocycles. The predicted molar refractivity (Wildman–Crippen MR) is 106 cm³/mol. The van der Waals surface area contributed by atoms with E-state index in [1.165, 1.54) is 0 Å². The van der Waals surface area contributed by atoms with Gasteiger partial charge >= 0.3 is 11.9 Å². The average Bonchev–Trinajstić information content (AvgIpc) is 3.33. The second-order valence-corrected chi connectivity index (χ2v) is 7.27. The topological polar surface area (TPSA) is 101 Å². The van der Waals surface area contributed by atoms with Crippen LogP contribution < -0.4 is 4.74 Å². The molecule has 2 aliphatic rings. The van der Waals surface area contributed by atoms with E-state index in [0.717, 1.165) is 31.8 Å². The maximum absolute atomic E-state index is 12.4. The smallest absolute Gasteiger partial charge is 0.338 e. The van der Waals surface area contributed by atoms with Crippen LogP contribution in [0.15, 0.2) is 36.9 Å². The van der Waals surface area contributed by atoms with Crippen molar-refractivity contribution in [1.82, 2.24) is 0 Å². The molecule has 2 saturated heterocycles. The first-order valence-electron chi connectivity index (χ1n) is 10.2. The molecule has 1 N–H and O–H groups in total. The Kier molecular flexibility index (Phi) is 8.24. The quantitative estimate of drug-likeness (QED) is 0.330. The molecule has 0 spiro atoms. The zero-order chi connectivity index (χ0) is 21.3. The molecule has 2 aliphatic heterocycles. The fraction of sp³-hybridized carbons (Fsp3) is 0.545. The van der Waals surface area contributed by atoms with Gasteiger partial charge in [-0.1, -0.05) is 6.58 Å². The minimum absolute atomic E-state index is 0.193. The predicted octanol–water partition coefficient (Wildman–Crippen LogP) is 2.04. The molecule has 30 heavy (non-hydrogen) atoms. The lowest BCUT2D eigenvalue weighted by Gasteiger charge is -2.16. The molecule has 0 radical (unpaired) electrons. The van der Waals surface area contributed by atoms with Crippen LogP contribution in [0, 0.1) is 0 Å². The molecule has 8 nitrogen and oxygen atoms in total. The number of aliphatic hydroxyl groups excluding tert-OH is 1. The van der Waals surface area contributed by atoms with Crippen molar-refractivity contribution in [2.24, 2.45) is 0 Å². The van der Waals surface area contributed by atoms with Crippen LogP contribution in [0.1, 0.15) is 36.0 Å². The summed E-state index contributed by atoms with van der Waals surface area (Å²) in [5, 5.41) is 9.75. The first-order chi connectivity index (χ1) is 14.6. The van der Waals surface area contributed by atoms with Gasteiger partial charge in [0.1, 0.15) is 24.1 Å². The van der Waals surface area contributed by atoms with E-state index >= 15 is 0 Å². The number of carbonyl (C=O) groups is 2. The van der Waals surface area contributed by atoms with E-state index < -0.39 is 36.4 Å². The Labute approximate surface area is 175 Å². The van der Waals surface area contributed by atoms with E-state index in [2.05, 4.69) is 6.58 Å². The van der Waals surface area contributed by atoms with Crippen LogP contribution >= 0.6 is 0 Å². The Balaban J connectivity index is 1.31. The van der Waals surface area contributed by atoms with Crippen molar-refractivity contribution in [3.05, 3.63) is 42.5 Å². The molecular weight excluding hydrogens is 392 g/mol. The fourth-order valence-corrected chi connectivity index (χ4v) is 3.42. The summed E-state index contributed by atoms with van der Waals surface area (Å²) in [4.78, 5) is 23.3. The van der Waals surface area contributed by atoms with E-state index in [4.69, 9.17) is 23.7 Å². The molecule has 2 heterocycles. The average molecular weight is 420 g/mol. The minimum Gasteiger partial charge on any atom is -0.494 e. The Morgan fingerprint density at radius 1 is 1.03 bits per heavy atom. The van der Waals surface area contributed by atoms with Gasteiger partial charge in [0.05, 0.1) is 32.0 Å². The number of hydrogen-bond acceptors (Lipinski definition) is 8. The number of carbonyl (C=O) groups excluding carboxylic acids is 2. The Hall–Kier alpha value is -2.42. The Morgan fingerprint density at radius 2 is 1.73 bits per heavy atom. The first-order valence-corrected chi connectivity index (χ1v) is 10.2. The molecule has 0 aromatic heterocycles. The highest BCUT2D eigenvalue weighted by Gasteiger charge is 2.48. The number of unbranched alkanes of at least 4 members (excludes halogenated alkanes) is 3. The molecule has 0 aliphatic carbocycles. The minimum atomic E-state index is -0.676. The number of ether oxygens (including phenoxy) is 5. The third-order valence-corrected chi connectivity index (χ3v) is 5.05. The number of aliphatic hydroxyl groups is 1. The Bertz CT molecular complexity index is 716. The lowest BCUT2D eigenvalue weighted by Crippen LogP contribution is -2.34. The normalized spacial score (nSPS) is 24.8. The third-order valence-electron chi connectivity index (χ3n) is 5.05. The summed E-state index contributed by atoms with van der Waals surface area (Å²) in [5.41, 5.74) is 0.415. The van der Waals surface area contributed by atoms with E-state index in [1.807, 2.05) is 0 Å². The lowest BCUT2D eigenvalue weighted by molar-refractivity contribution is -0.137. The van der Waals surface area contributed by atoms with E-state index in [9.17, 15) is 14.7 Å². The van der Waals surface area contributed by atoms with Crippen molar-refractivity contribution in [2.75, 3.05) is 26.4 Å². The van der Waals surface area contributed by atoms with Gasteiger partial charge < -0.3 is 28.8 Å². The van der Waals surface area contributed by atoms with Crippen LogP contribution in [0.3, 0.4) is 0 Å². The monoisotopic (exact) mass is 420 g/mol. The van der Waals surface area contributed by atoms with Gasteiger partial charge in [0, 0.05) is 6.08 Å². The summed E-state index contributed by atoms with van der Waals surface area (Å²) in [6.07, 6.45) is 2.74. The molecular formula is C22H28O8. The summed E-state index contributed by atoms with van der Waals surface area (Å²) in [6.45, 7) is 4.73. The van der Waals surface area contributed by atoms with Gasteiger partial charge in [-0.25, -0.2) is 9.59 Å². The zero-order valence-electron chi connectivity index (χ0n) is 16.9. The van der Waals surface area contributed by atoms with Crippen LogP contribution in [0.4, 0.5) is 0 Å². The summed E-state index contributed by atoms with van der Waals surface area (Å²) >= 11 is 0. The van der Waals surface area contributed by atoms with Crippen molar-refractivity contribution in [2.45, 2.75) is 50.1 Å². The molecule has 3 rings (SSSR count). The molecule has 8 heteroatoms. The van der Waals surface area contributed by atoms with Gasteiger partial charge in [-0.3, -0.25) is 0 Å². The number of hydrogen-bond donors (Lipinski definition) is 1. The molecule has 1 aromatic rings. The van der Waals surface area contributed by atoms with Gasteiger partial charge in [-0.2, -0.15) is 0 Å². The van der Waals surface area contributed by atoms with Crippen molar-refractivity contribution in [3.8, 4) is 5.75 Å². The third kappa shape index (κ3) is 6.04. The van der Waals surface area contributed by atoms with Crippen LogP contribution in [0.25, 0.3) is 0 Å². The molecule has 4 atom stereocenters. The van der Waals surface area contributed by atoms with Gasteiger partial charge in [-0.05, 0) is 49.9 Å². The number of esters is 2. The standard InChI is InChI=1S/C22H28O8/c1-2-19(24)27-12-6-4-3-5-11-26-16-9-7-15(8-10-16)22(25)30-18-14-29-20-17(23)13-28-21(18)20/h2,7-10,17-18,20-21,23H,1,3-6,11-14H2/t17-,18+,20-,21-/m1/s1. The van der Waals surface area contributed by atoms with Crippen molar-refractivity contribution < 1.29 is 38.4 Å². The van der Waals surface area contributed by atoms with Crippen LogP contribution in [-0.2, 0) is 23.7 Å². The van der Waals surface area contributed by atoms with E-state index in [-0.39, 0.29) is 13.2 Å². The SMILES string of the molecule is C=CC(=O)OCCCCCCOc1ccc(C(=O)O[C@H]2CO[C@H]3[C@@H]2OC[C@H]3O)cc1. The summed E-state index contributed by atoms with van der Waals surface area (Å²) in [7, 11) is 0. The molecule has 164 valence electrons. The summed E-state index contributed by atoms with van der Waals surface area (Å²) < 4.78 is 27.0. The number of fused-ring (bicyclic) bond motifs is 1. The van der Waals surface area contributed by atoms with Crippen LogP contribution in [0.2, 0.25) is 0 Å². The van der Waals surface area contributed by atoms with Gasteiger partial charge in [-0.15, -0.1) is 0 Å². The first kappa shape index (κ1) is 22.3. The number of rotatable bonds is 11. The van der Waals surface area contributed by atoms with Gasteiger partial charge in [0.15, 0.2) is 6.10 Å². The maximum Gasteiger partial charge on any atom is 0.338 e. The Morgan fingerprint density at radius 3 is 2.47 bits per heavy atom. The summed E-state index contributed by atoms with van der Waals surface area (Å²) in [6, 6.07) is 6.77. The van der Waals surface area contributed by atoms with E-state index in [1.54, 1.807) is 24.3 Å².